The fourth-order valence-electron chi connectivity index (χ4n) is 9.47. The van der Waals surface area contributed by atoms with Gasteiger partial charge in [0, 0.05) is 56.0 Å². The molecule has 1 aliphatic rings. The molecule has 3 heterocycles. The summed E-state index contributed by atoms with van der Waals surface area (Å²) in [6.07, 6.45) is 4.16. The first-order chi connectivity index (χ1) is 28.0. The average Bonchev–Trinajstić information content (AvgIpc) is 3.91. The van der Waals surface area contributed by atoms with Crippen molar-refractivity contribution in [3.63, 3.8) is 0 Å². The molecule has 0 saturated carbocycles. The Bertz CT molecular complexity index is 3160. The van der Waals surface area contributed by atoms with Crippen molar-refractivity contribution in [1.29, 1.82) is 0 Å². The van der Waals surface area contributed by atoms with Crippen LogP contribution in [0.25, 0.3) is 66.6 Å². The van der Waals surface area contributed by atoms with Crippen molar-refractivity contribution in [3.05, 3.63) is 216 Å². The zero-order valence-corrected chi connectivity index (χ0v) is 34.7. The van der Waals surface area contributed by atoms with E-state index in [1.165, 1.54) is 44.3 Å². The van der Waals surface area contributed by atoms with Crippen molar-refractivity contribution >= 4 is 32.8 Å². The van der Waals surface area contributed by atoms with Gasteiger partial charge in [-0.05, 0) is 95.4 Å². The molecule has 0 aliphatic heterocycles. The van der Waals surface area contributed by atoms with E-state index in [0.29, 0.717) is 6.04 Å². The van der Waals surface area contributed by atoms with Crippen LogP contribution in [0.2, 0.25) is 0 Å². The fourth-order valence-corrected chi connectivity index (χ4v) is 9.47. The van der Waals surface area contributed by atoms with Crippen LogP contribution in [0.1, 0.15) is 47.7 Å². The van der Waals surface area contributed by atoms with Crippen molar-refractivity contribution in [2.24, 2.45) is 0 Å². The molecule has 1 aliphatic carbocycles. The molecule has 10 aromatic rings. The summed E-state index contributed by atoms with van der Waals surface area (Å²) in [7, 11) is 0. The van der Waals surface area contributed by atoms with Crippen molar-refractivity contribution in [2.45, 2.75) is 32.2 Å². The van der Waals surface area contributed by atoms with Crippen LogP contribution < -0.4 is 0 Å². The SMILES string of the molecule is Cc1ccccc1-c1ccnc(-n2c3[c-]c(C4(c5[c-]c(-n6[cH+]n(C(C)C)c7ccccc76)ccc5)c5ccccc5-c5ccccc54)ccc3c3ccccc32)c1.[Pt]. The molecule has 0 radical (unpaired) electrons. The largest absolute Gasteiger partial charge is 0.319 e. The summed E-state index contributed by atoms with van der Waals surface area (Å²) >= 11 is 0. The molecule has 4 nitrogen and oxygen atoms in total. The molecule has 58 heavy (non-hydrogen) atoms. The third kappa shape index (κ3) is 5.25. The molecular weight excluding hydrogens is 888 g/mol. The Morgan fingerprint density at radius 3 is 1.97 bits per heavy atom. The Labute approximate surface area is 353 Å². The van der Waals surface area contributed by atoms with Gasteiger partial charge in [-0.3, -0.25) is 0 Å². The summed E-state index contributed by atoms with van der Waals surface area (Å²) in [5.74, 6) is 0.864. The summed E-state index contributed by atoms with van der Waals surface area (Å²) in [5, 5.41) is 2.31. The summed E-state index contributed by atoms with van der Waals surface area (Å²) in [4.78, 5) is 5.03. The molecule has 0 fully saturated rings. The van der Waals surface area contributed by atoms with E-state index in [-0.39, 0.29) is 21.1 Å². The minimum atomic E-state index is -0.702. The van der Waals surface area contributed by atoms with Crippen LogP contribution in [-0.4, -0.2) is 18.7 Å². The molecule has 0 spiro atoms. The van der Waals surface area contributed by atoms with Gasteiger partial charge in [0.2, 0.25) is 0 Å². The van der Waals surface area contributed by atoms with Crippen LogP contribution in [0.3, 0.4) is 0 Å². The molecule has 0 saturated heterocycles. The van der Waals surface area contributed by atoms with E-state index < -0.39 is 5.41 Å². The quantitative estimate of drug-likeness (QED) is 0.153. The molecular formula is C53H39N4Pt-. The van der Waals surface area contributed by atoms with Crippen LogP contribution in [-0.2, 0) is 26.5 Å². The van der Waals surface area contributed by atoms with Crippen LogP contribution in [0.15, 0.2) is 176 Å². The van der Waals surface area contributed by atoms with Gasteiger partial charge in [-0.25, -0.2) is 14.1 Å². The molecule has 0 amide bonds. The summed E-state index contributed by atoms with van der Waals surface area (Å²) < 4.78 is 6.93. The van der Waals surface area contributed by atoms with Gasteiger partial charge in [0.25, 0.3) is 0 Å². The second kappa shape index (κ2) is 13.9. The molecule has 0 atom stereocenters. The number of pyridine rings is 1. The van der Waals surface area contributed by atoms with Crippen LogP contribution in [0, 0.1) is 19.1 Å². The molecule has 5 heteroatoms. The zero-order chi connectivity index (χ0) is 38.3. The first-order valence-corrected chi connectivity index (χ1v) is 19.7. The van der Waals surface area contributed by atoms with Crippen molar-refractivity contribution in [2.75, 3.05) is 0 Å². The minimum absolute atomic E-state index is 0. The van der Waals surface area contributed by atoms with Gasteiger partial charge >= 0.3 is 0 Å². The van der Waals surface area contributed by atoms with E-state index in [4.69, 9.17) is 4.98 Å². The zero-order valence-electron chi connectivity index (χ0n) is 32.4. The van der Waals surface area contributed by atoms with Crippen LogP contribution in [0.5, 0.6) is 0 Å². The Kier molecular flexibility index (Phi) is 8.66. The van der Waals surface area contributed by atoms with Crippen LogP contribution in [0.4, 0.5) is 0 Å². The van der Waals surface area contributed by atoms with Crippen molar-refractivity contribution in [1.82, 2.24) is 18.7 Å². The number of hydrogen-bond acceptors (Lipinski definition) is 1. The van der Waals surface area contributed by atoms with Gasteiger partial charge in [-0.1, -0.05) is 103 Å². The molecule has 7 aromatic carbocycles. The van der Waals surface area contributed by atoms with E-state index in [9.17, 15) is 0 Å². The number of benzene rings is 7. The molecule has 11 rings (SSSR count). The Balaban J connectivity index is 0.00000408. The fraction of sp³-hybridized carbons (Fsp3) is 0.0943. The summed E-state index contributed by atoms with van der Waals surface area (Å²) in [6, 6.07) is 67.6. The standard InChI is InChI=1S/C53H39N4.Pt/c1-35(2)55-34-56(50-26-13-12-25-49(50)55)40-17-14-16-38(32-40)53(46-22-9-6-19-42(46)43-20-7-10-23-47(43)53)39-27-28-45-44-21-8-11-24-48(44)57(51(45)33-39)52-31-37(29-30-54-52)41-18-5-4-15-36(41)3;/h4-31,34-35H,1-3H3;/q-1;. The smallest absolute Gasteiger partial charge is 0.188 e. The molecule has 0 bridgehead atoms. The molecule has 0 N–H and O–H groups in total. The maximum atomic E-state index is 5.03. The van der Waals surface area contributed by atoms with Gasteiger partial charge < -0.3 is 4.57 Å². The number of hydrogen-bond donors (Lipinski definition) is 0. The van der Waals surface area contributed by atoms with Gasteiger partial charge in [-0.2, -0.15) is 30.3 Å². The topological polar surface area (TPSA) is 27.7 Å². The average molecular weight is 927 g/mol. The number of fused-ring (bicyclic) bond motifs is 7. The Morgan fingerprint density at radius 2 is 1.22 bits per heavy atom. The Morgan fingerprint density at radius 1 is 0.586 bits per heavy atom. The second-order valence-electron chi connectivity index (χ2n) is 15.5. The van der Waals surface area contributed by atoms with Crippen molar-refractivity contribution < 1.29 is 21.1 Å². The molecule has 282 valence electrons. The summed E-state index contributed by atoms with van der Waals surface area (Å²) in [5.41, 5.74) is 15.4. The van der Waals surface area contributed by atoms with Crippen molar-refractivity contribution in [3.8, 4) is 33.8 Å². The van der Waals surface area contributed by atoms with Gasteiger partial charge in [0.1, 0.15) is 5.82 Å². The summed E-state index contributed by atoms with van der Waals surface area (Å²) in [6.45, 7) is 6.63. The van der Waals surface area contributed by atoms with E-state index in [1.807, 2.05) is 6.20 Å². The third-order valence-corrected chi connectivity index (χ3v) is 12.0. The number of aromatic nitrogens is 4. The van der Waals surface area contributed by atoms with Crippen LogP contribution >= 0.6 is 0 Å². The number of para-hydroxylation sites is 3. The van der Waals surface area contributed by atoms with E-state index in [1.54, 1.807) is 0 Å². The van der Waals surface area contributed by atoms with E-state index in [0.717, 1.165) is 50.1 Å². The first-order valence-electron chi connectivity index (χ1n) is 19.7. The second-order valence-corrected chi connectivity index (χ2v) is 15.5. The number of nitrogens with zero attached hydrogens (tertiary/aromatic N) is 4. The predicted molar refractivity (Wildman–Crippen MR) is 233 cm³/mol. The number of imidazole rings is 1. The van der Waals surface area contributed by atoms with E-state index >= 15 is 0 Å². The minimum Gasteiger partial charge on any atom is -0.319 e. The maximum Gasteiger partial charge on any atom is 0.188 e. The first kappa shape index (κ1) is 36.0. The number of aryl methyl sites for hydroxylation is 1. The molecule has 0 unspecified atom stereocenters. The monoisotopic (exact) mass is 926 g/mol. The van der Waals surface area contributed by atoms with Gasteiger partial charge in [0.15, 0.2) is 17.4 Å². The van der Waals surface area contributed by atoms with Gasteiger partial charge in [-0.15, -0.1) is 22.6 Å². The maximum absolute atomic E-state index is 5.03. The molecule has 3 aromatic heterocycles. The normalized spacial score (nSPS) is 12.9. The third-order valence-electron chi connectivity index (χ3n) is 12.0. The number of rotatable bonds is 6. The Hall–Kier alpha value is -6.35. The predicted octanol–water partition coefficient (Wildman–Crippen LogP) is 12.7. The van der Waals surface area contributed by atoms with E-state index in [2.05, 4.69) is 217 Å². The van der Waals surface area contributed by atoms with Gasteiger partial charge in [0.05, 0.1) is 6.04 Å².